The maximum absolute atomic E-state index is 12.5. The van der Waals surface area contributed by atoms with Gasteiger partial charge in [0.05, 0.1) is 6.61 Å². The van der Waals surface area contributed by atoms with Crippen LogP contribution in [-0.2, 0) is 14.3 Å². The average Bonchev–Trinajstić information content (AvgIpc) is 2.92. The van der Waals surface area contributed by atoms with Crippen LogP contribution in [0.4, 0.5) is 0 Å². The van der Waals surface area contributed by atoms with Gasteiger partial charge in [-0.05, 0) is 31.5 Å². The van der Waals surface area contributed by atoms with Crippen LogP contribution in [-0.4, -0.2) is 54.8 Å². The summed E-state index contributed by atoms with van der Waals surface area (Å²) in [7, 11) is 1.47. The molecule has 2 unspecified atom stereocenters. The maximum atomic E-state index is 12.5. The highest BCUT2D eigenvalue weighted by Gasteiger charge is 2.47. The number of carboxylic acids is 1. The van der Waals surface area contributed by atoms with E-state index in [1.165, 1.54) is 12.0 Å². The SMILES string of the molecule is COCC1(C(=O)O)CCN(C(=O)C(C)Oc2cccc(Br)c2)C1. The Morgan fingerprint density at radius 2 is 2.22 bits per heavy atom. The Morgan fingerprint density at radius 3 is 2.83 bits per heavy atom. The van der Waals surface area contributed by atoms with Crippen LogP contribution >= 0.6 is 15.9 Å². The maximum Gasteiger partial charge on any atom is 0.313 e. The molecule has 1 N–H and O–H groups in total. The summed E-state index contributed by atoms with van der Waals surface area (Å²) in [6.45, 7) is 2.29. The molecule has 0 bridgehead atoms. The summed E-state index contributed by atoms with van der Waals surface area (Å²) in [5.74, 6) is -0.569. The van der Waals surface area contributed by atoms with Crippen LogP contribution in [0.2, 0.25) is 0 Å². The predicted octanol–water partition coefficient (Wildman–Crippen LogP) is 2.17. The van der Waals surface area contributed by atoms with Crippen molar-refractivity contribution in [2.24, 2.45) is 5.41 Å². The summed E-state index contributed by atoms with van der Waals surface area (Å²) >= 11 is 3.35. The van der Waals surface area contributed by atoms with E-state index in [0.29, 0.717) is 18.7 Å². The molecule has 23 heavy (non-hydrogen) atoms. The molecule has 1 saturated heterocycles. The van der Waals surface area contributed by atoms with Crippen molar-refractivity contribution in [3.05, 3.63) is 28.7 Å². The molecule has 1 aliphatic heterocycles. The number of carboxylic acid groups (broad SMARTS) is 1. The van der Waals surface area contributed by atoms with Crippen LogP contribution in [0.25, 0.3) is 0 Å². The van der Waals surface area contributed by atoms with E-state index < -0.39 is 17.5 Å². The van der Waals surface area contributed by atoms with Gasteiger partial charge >= 0.3 is 5.97 Å². The molecule has 1 aliphatic rings. The second-order valence-corrected chi connectivity index (χ2v) is 6.66. The highest BCUT2D eigenvalue weighted by atomic mass is 79.9. The van der Waals surface area contributed by atoms with Crippen LogP contribution in [0.3, 0.4) is 0 Å². The normalized spacial score (nSPS) is 22.0. The molecule has 126 valence electrons. The summed E-state index contributed by atoms with van der Waals surface area (Å²) in [4.78, 5) is 25.6. The van der Waals surface area contributed by atoms with E-state index in [2.05, 4.69) is 15.9 Å². The number of halogens is 1. The molecule has 0 spiro atoms. The third-order valence-corrected chi connectivity index (χ3v) is 4.49. The standard InChI is InChI=1S/C16H20BrNO5/c1-11(23-13-5-3-4-12(17)8-13)14(19)18-7-6-16(9-18,10-22-2)15(20)21/h3-5,8,11H,6-7,9-10H2,1-2H3,(H,20,21). The first-order valence-electron chi connectivity index (χ1n) is 7.31. The number of carbonyl (C=O) groups excluding carboxylic acids is 1. The highest BCUT2D eigenvalue weighted by molar-refractivity contribution is 9.10. The molecule has 0 radical (unpaired) electrons. The van der Waals surface area contributed by atoms with Crippen molar-refractivity contribution in [1.29, 1.82) is 0 Å². The molecule has 0 saturated carbocycles. The van der Waals surface area contributed by atoms with Crippen molar-refractivity contribution in [2.45, 2.75) is 19.4 Å². The van der Waals surface area contributed by atoms with Gasteiger partial charge in [0.25, 0.3) is 5.91 Å². The van der Waals surface area contributed by atoms with Crippen molar-refractivity contribution in [3.8, 4) is 5.75 Å². The number of hydrogen-bond donors (Lipinski definition) is 1. The zero-order chi connectivity index (χ0) is 17.0. The molecule has 1 amide bonds. The topological polar surface area (TPSA) is 76.1 Å². The lowest BCUT2D eigenvalue weighted by Gasteiger charge is -2.25. The molecule has 0 aromatic heterocycles. The van der Waals surface area contributed by atoms with Gasteiger partial charge in [-0.1, -0.05) is 22.0 Å². The molecule has 2 atom stereocenters. The van der Waals surface area contributed by atoms with Gasteiger partial charge < -0.3 is 19.5 Å². The largest absolute Gasteiger partial charge is 0.481 e. The summed E-state index contributed by atoms with van der Waals surface area (Å²) in [5.41, 5.74) is -1.03. The van der Waals surface area contributed by atoms with E-state index in [4.69, 9.17) is 9.47 Å². The van der Waals surface area contributed by atoms with Crippen molar-refractivity contribution in [3.63, 3.8) is 0 Å². The zero-order valence-corrected chi connectivity index (χ0v) is 14.7. The summed E-state index contributed by atoms with van der Waals surface area (Å²) in [6, 6.07) is 7.23. The first kappa shape index (κ1) is 17.7. The fourth-order valence-corrected chi connectivity index (χ4v) is 3.12. The number of nitrogens with zero attached hydrogens (tertiary/aromatic N) is 1. The van der Waals surface area contributed by atoms with Gasteiger partial charge in [0.15, 0.2) is 6.10 Å². The number of hydrogen-bond acceptors (Lipinski definition) is 4. The molecule has 0 aliphatic carbocycles. The van der Waals surface area contributed by atoms with Crippen LogP contribution < -0.4 is 4.74 Å². The van der Waals surface area contributed by atoms with E-state index in [9.17, 15) is 14.7 Å². The van der Waals surface area contributed by atoms with E-state index in [0.717, 1.165) is 4.47 Å². The monoisotopic (exact) mass is 385 g/mol. The second-order valence-electron chi connectivity index (χ2n) is 5.75. The highest BCUT2D eigenvalue weighted by Crippen LogP contribution is 2.32. The van der Waals surface area contributed by atoms with Crippen molar-refractivity contribution in [1.82, 2.24) is 4.90 Å². The number of benzene rings is 1. The molecule has 6 nitrogen and oxygen atoms in total. The molecule has 2 rings (SSSR count). The van der Waals surface area contributed by atoms with Gasteiger partial charge in [-0.2, -0.15) is 0 Å². The molecule has 1 aromatic carbocycles. The zero-order valence-electron chi connectivity index (χ0n) is 13.1. The van der Waals surface area contributed by atoms with E-state index in [-0.39, 0.29) is 19.1 Å². The van der Waals surface area contributed by atoms with Crippen molar-refractivity contribution >= 4 is 27.8 Å². The number of aliphatic carboxylic acids is 1. The first-order valence-corrected chi connectivity index (χ1v) is 8.10. The minimum absolute atomic E-state index is 0.0903. The summed E-state index contributed by atoms with van der Waals surface area (Å²) in [5, 5.41) is 9.44. The first-order chi connectivity index (χ1) is 10.9. The number of carbonyl (C=O) groups is 2. The molecule has 1 fully saturated rings. The molecule has 7 heteroatoms. The molecule has 1 heterocycles. The van der Waals surface area contributed by atoms with Crippen LogP contribution in [0.5, 0.6) is 5.75 Å². The van der Waals surface area contributed by atoms with E-state index in [1.807, 2.05) is 12.1 Å². The van der Waals surface area contributed by atoms with Crippen LogP contribution in [0.1, 0.15) is 13.3 Å². The third-order valence-electron chi connectivity index (χ3n) is 4.00. The Balaban J connectivity index is 2.02. The summed E-state index contributed by atoms with van der Waals surface area (Å²) in [6.07, 6.45) is -0.303. The lowest BCUT2D eigenvalue weighted by Crippen LogP contribution is -2.43. The Morgan fingerprint density at radius 1 is 1.48 bits per heavy atom. The Kier molecular flexibility index (Phi) is 5.64. The van der Waals surface area contributed by atoms with Gasteiger partial charge in [-0.25, -0.2) is 0 Å². The molecular weight excluding hydrogens is 366 g/mol. The van der Waals surface area contributed by atoms with Crippen molar-refractivity contribution < 1.29 is 24.2 Å². The van der Waals surface area contributed by atoms with Gasteiger partial charge in [0, 0.05) is 24.7 Å². The quantitative estimate of drug-likeness (QED) is 0.811. The van der Waals surface area contributed by atoms with E-state index in [1.54, 1.807) is 19.1 Å². The third kappa shape index (κ3) is 4.03. The predicted molar refractivity (Wildman–Crippen MR) is 87.4 cm³/mol. The molecular formula is C16H20BrNO5. The van der Waals surface area contributed by atoms with Crippen molar-refractivity contribution in [2.75, 3.05) is 26.8 Å². The lowest BCUT2D eigenvalue weighted by molar-refractivity contribution is -0.152. The fourth-order valence-electron chi connectivity index (χ4n) is 2.74. The fraction of sp³-hybridized carbons (Fsp3) is 0.500. The summed E-state index contributed by atoms with van der Waals surface area (Å²) < 4.78 is 11.6. The Hall–Kier alpha value is -1.60. The molecule has 1 aromatic rings. The van der Waals surface area contributed by atoms with E-state index >= 15 is 0 Å². The van der Waals surface area contributed by atoms with Crippen LogP contribution in [0.15, 0.2) is 28.7 Å². The number of rotatable bonds is 6. The van der Waals surface area contributed by atoms with Gasteiger partial charge in [-0.3, -0.25) is 9.59 Å². The number of methoxy groups -OCH3 is 1. The van der Waals surface area contributed by atoms with Crippen LogP contribution in [0, 0.1) is 5.41 Å². The lowest BCUT2D eigenvalue weighted by atomic mass is 9.88. The number of amides is 1. The van der Waals surface area contributed by atoms with Gasteiger partial charge in [0.2, 0.25) is 0 Å². The Bertz CT molecular complexity index is 594. The van der Waals surface area contributed by atoms with Gasteiger partial charge in [0.1, 0.15) is 11.2 Å². The number of ether oxygens (including phenoxy) is 2. The smallest absolute Gasteiger partial charge is 0.313 e. The number of likely N-dealkylation sites (tertiary alicyclic amines) is 1. The Labute approximate surface area is 143 Å². The minimum atomic E-state index is -1.03. The second kappa shape index (κ2) is 7.31. The minimum Gasteiger partial charge on any atom is -0.481 e. The average molecular weight is 386 g/mol. The van der Waals surface area contributed by atoms with Gasteiger partial charge in [-0.15, -0.1) is 0 Å².